The molecule has 0 radical (unpaired) electrons. The van der Waals surface area contributed by atoms with Crippen LogP contribution in [0.5, 0.6) is 5.75 Å². The first kappa shape index (κ1) is 14.7. The van der Waals surface area contributed by atoms with E-state index in [0.29, 0.717) is 13.2 Å². The summed E-state index contributed by atoms with van der Waals surface area (Å²) < 4.78 is 10.6. The second kappa shape index (κ2) is 7.84. The van der Waals surface area contributed by atoms with E-state index in [1.54, 1.807) is 24.3 Å². The van der Waals surface area contributed by atoms with Gasteiger partial charge in [-0.05, 0) is 17.7 Å². The van der Waals surface area contributed by atoms with Crippen molar-refractivity contribution in [2.75, 3.05) is 19.8 Å². The molecule has 0 aliphatic carbocycles. The van der Waals surface area contributed by atoms with Gasteiger partial charge < -0.3 is 14.6 Å². The van der Waals surface area contributed by atoms with Gasteiger partial charge in [-0.15, -0.1) is 0 Å². The van der Waals surface area contributed by atoms with Gasteiger partial charge in [0, 0.05) is 5.92 Å². The van der Waals surface area contributed by atoms with E-state index in [0.717, 1.165) is 11.3 Å². The third kappa shape index (κ3) is 5.29. The van der Waals surface area contributed by atoms with Crippen LogP contribution in [0.3, 0.4) is 0 Å². The summed E-state index contributed by atoms with van der Waals surface area (Å²) in [5, 5.41) is 8.88. The second-order valence-electron chi connectivity index (χ2n) is 4.32. The Morgan fingerprint density at radius 3 is 2.44 bits per heavy atom. The summed E-state index contributed by atoms with van der Waals surface area (Å²) >= 11 is 0. The number of carbonyl (C=O) groups is 1. The monoisotopic (exact) mass is 252 g/mol. The first-order valence-corrected chi connectivity index (χ1v) is 6.06. The van der Waals surface area contributed by atoms with E-state index in [1.165, 1.54) is 0 Å². The number of ether oxygens (including phenoxy) is 2. The highest BCUT2D eigenvalue weighted by Crippen LogP contribution is 2.11. The van der Waals surface area contributed by atoms with Gasteiger partial charge in [0.2, 0.25) is 0 Å². The molecule has 0 aliphatic heterocycles. The number of hydrogen-bond donors (Lipinski definition) is 1. The summed E-state index contributed by atoms with van der Waals surface area (Å²) in [4.78, 5) is 11.3. The van der Waals surface area contributed by atoms with Crippen molar-refractivity contribution in [3.8, 4) is 5.75 Å². The maximum atomic E-state index is 11.3. The van der Waals surface area contributed by atoms with Crippen LogP contribution >= 0.6 is 0 Å². The number of aliphatic hydroxyl groups is 1. The molecule has 4 nitrogen and oxygen atoms in total. The van der Waals surface area contributed by atoms with Gasteiger partial charge in [0.15, 0.2) is 5.78 Å². The van der Waals surface area contributed by atoms with Crippen LogP contribution in [-0.4, -0.2) is 30.7 Å². The largest absolute Gasteiger partial charge is 0.491 e. The van der Waals surface area contributed by atoms with E-state index in [2.05, 4.69) is 0 Å². The number of rotatable bonds is 8. The number of hydrogen-bond acceptors (Lipinski definition) is 4. The highest BCUT2D eigenvalue weighted by molar-refractivity contribution is 5.81. The molecule has 1 aromatic rings. The average Bonchev–Trinajstić information content (AvgIpc) is 2.38. The zero-order valence-corrected chi connectivity index (χ0v) is 10.9. The maximum absolute atomic E-state index is 11.3. The number of aliphatic hydroxyl groups excluding tert-OH is 1. The van der Waals surface area contributed by atoms with Gasteiger partial charge in [-0.1, -0.05) is 26.0 Å². The molecule has 0 saturated heterocycles. The Balaban J connectivity index is 2.15. The van der Waals surface area contributed by atoms with Crippen molar-refractivity contribution >= 4 is 5.78 Å². The molecule has 0 atom stereocenters. The smallest absolute Gasteiger partial charge is 0.160 e. The lowest BCUT2D eigenvalue weighted by molar-refractivity contribution is -0.126. The lowest BCUT2D eigenvalue weighted by atomic mass is 10.1. The first-order valence-electron chi connectivity index (χ1n) is 6.06. The molecule has 0 spiro atoms. The van der Waals surface area contributed by atoms with E-state index in [-0.39, 0.29) is 24.9 Å². The number of Topliss-reactive ketones (excluding diaryl/α,β-unsaturated/α-hetero) is 1. The number of carbonyl (C=O) groups excluding carboxylic acids is 1. The van der Waals surface area contributed by atoms with Crippen molar-refractivity contribution in [3.63, 3.8) is 0 Å². The van der Waals surface area contributed by atoms with E-state index in [1.807, 2.05) is 13.8 Å². The molecule has 100 valence electrons. The van der Waals surface area contributed by atoms with E-state index < -0.39 is 0 Å². The summed E-state index contributed by atoms with van der Waals surface area (Å²) in [6.45, 7) is 4.67. The van der Waals surface area contributed by atoms with Crippen LogP contribution in [0.2, 0.25) is 0 Å². The molecule has 1 N–H and O–H groups in total. The minimum atomic E-state index is 0.0111. The van der Waals surface area contributed by atoms with Crippen molar-refractivity contribution < 1.29 is 19.4 Å². The van der Waals surface area contributed by atoms with Gasteiger partial charge in [-0.3, -0.25) is 4.79 Å². The van der Waals surface area contributed by atoms with Gasteiger partial charge in [-0.2, -0.15) is 0 Å². The molecular weight excluding hydrogens is 232 g/mol. The zero-order valence-electron chi connectivity index (χ0n) is 10.9. The molecule has 0 unspecified atom stereocenters. The molecule has 0 aromatic heterocycles. The molecule has 1 aromatic carbocycles. The highest BCUT2D eigenvalue weighted by Gasteiger charge is 2.06. The Bertz CT molecular complexity index is 357. The molecule has 18 heavy (non-hydrogen) atoms. The van der Waals surface area contributed by atoms with Gasteiger partial charge in [0.25, 0.3) is 0 Å². The molecule has 0 heterocycles. The SMILES string of the molecule is CC(C)C(=O)COCCOc1ccc(CO)cc1. The highest BCUT2D eigenvalue weighted by atomic mass is 16.5. The molecule has 4 heteroatoms. The lowest BCUT2D eigenvalue weighted by Crippen LogP contribution is -2.17. The number of benzene rings is 1. The molecule has 0 saturated carbocycles. The third-order valence-corrected chi connectivity index (χ3v) is 2.49. The summed E-state index contributed by atoms with van der Waals surface area (Å²) in [6, 6.07) is 7.20. The molecule has 0 fully saturated rings. The van der Waals surface area contributed by atoms with Crippen LogP contribution in [0, 0.1) is 5.92 Å². The van der Waals surface area contributed by atoms with E-state index in [4.69, 9.17) is 14.6 Å². The third-order valence-electron chi connectivity index (χ3n) is 2.49. The van der Waals surface area contributed by atoms with Crippen LogP contribution in [-0.2, 0) is 16.1 Å². The predicted molar refractivity (Wildman–Crippen MR) is 68.5 cm³/mol. The molecule has 0 bridgehead atoms. The Hall–Kier alpha value is -1.39. The van der Waals surface area contributed by atoms with Crippen LogP contribution in [0.15, 0.2) is 24.3 Å². The van der Waals surface area contributed by atoms with Gasteiger partial charge in [0.1, 0.15) is 19.0 Å². The molecule has 0 amide bonds. The normalized spacial score (nSPS) is 10.7. The van der Waals surface area contributed by atoms with Crippen molar-refractivity contribution in [2.45, 2.75) is 20.5 Å². The van der Waals surface area contributed by atoms with Crippen LogP contribution in [0.1, 0.15) is 19.4 Å². The average molecular weight is 252 g/mol. The minimum Gasteiger partial charge on any atom is -0.491 e. The molecule has 1 rings (SSSR count). The van der Waals surface area contributed by atoms with Crippen molar-refractivity contribution in [2.24, 2.45) is 5.92 Å². The van der Waals surface area contributed by atoms with Gasteiger partial charge >= 0.3 is 0 Å². The quantitative estimate of drug-likeness (QED) is 0.717. The Morgan fingerprint density at radius 1 is 1.22 bits per heavy atom. The fraction of sp³-hybridized carbons (Fsp3) is 0.500. The Kier molecular flexibility index (Phi) is 6.39. The van der Waals surface area contributed by atoms with Gasteiger partial charge in [0.05, 0.1) is 13.2 Å². The number of ketones is 1. The van der Waals surface area contributed by atoms with Crippen LogP contribution < -0.4 is 4.74 Å². The van der Waals surface area contributed by atoms with Crippen molar-refractivity contribution in [1.29, 1.82) is 0 Å². The van der Waals surface area contributed by atoms with Crippen LogP contribution in [0.25, 0.3) is 0 Å². The summed E-state index contributed by atoms with van der Waals surface area (Å²) in [6.07, 6.45) is 0. The fourth-order valence-electron chi connectivity index (χ4n) is 1.25. The van der Waals surface area contributed by atoms with Crippen molar-refractivity contribution in [3.05, 3.63) is 29.8 Å². The van der Waals surface area contributed by atoms with Crippen LogP contribution in [0.4, 0.5) is 0 Å². The predicted octanol–water partition coefficient (Wildman–Crippen LogP) is 1.80. The first-order chi connectivity index (χ1) is 8.63. The summed E-state index contributed by atoms with van der Waals surface area (Å²) in [5.74, 6) is 0.838. The van der Waals surface area contributed by atoms with E-state index >= 15 is 0 Å². The standard InChI is InChI=1S/C14H20O4/c1-11(2)14(16)10-17-7-8-18-13-5-3-12(9-15)4-6-13/h3-6,11,15H,7-10H2,1-2H3. The zero-order chi connectivity index (χ0) is 13.4. The maximum Gasteiger partial charge on any atom is 0.160 e. The lowest BCUT2D eigenvalue weighted by Gasteiger charge is -2.08. The minimum absolute atomic E-state index is 0.0111. The molecule has 0 aliphatic rings. The fourth-order valence-corrected chi connectivity index (χ4v) is 1.25. The van der Waals surface area contributed by atoms with Crippen molar-refractivity contribution in [1.82, 2.24) is 0 Å². The van der Waals surface area contributed by atoms with Gasteiger partial charge in [-0.25, -0.2) is 0 Å². The topological polar surface area (TPSA) is 55.8 Å². The second-order valence-corrected chi connectivity index (χ2v) is 4.32. The van der Waals surface area contributed by atoms with E-state index in [9.17, 15) is 4.79 Å². The Labute approximate surface area is 108 Å². The molecular formula is C14H20O4. The summed E-state index contributed by atoms with van der Waals surface area (Å²) in [5.41, 5.74) is 0.848. The Morgan fingerprint density at radius 2 is 1.89 bits per heavy atom. The summed E-state index contributed by atoms with van der Waals surface area (Å²) in [7, 11) is 0.